The van der Waals surface area contributed by atoms with Gasteiger partial charge in [0.1, 0.15) is 18.1 Å². The first-order valence-electron chi connectivity index (χ1n) is 8.12. The summed E-state index contributed by atoms with van der Waals surface area (Å²) < 4.78 is 7.70. The number of fused-ring (bicyclic) bond motifs is 1. The summed E-state index contributed by atoms with van der Waals surface area (Å²) in [6.45, 7) is 0.924. The summed E-state index contributed by atoms with van der Waals surface area (Å²) in [4.78, 5) is 0. The minimum Gasteiger partial charge on any atom is -0.487 e. The first-order valence-corrected chi connectivity index (χ1v) is 8.88. The van der Waals surface area contributed by atoms with E-state index in [1.165, 1.54) is 0 Å². The van der Waals surface area contributed by atoms with Crippen LogP contribution in [0.1, 0.15) is 11.3 Å². The fourth-order valence-electron chi connectivity index (χ4n) is 2.78. The summed E-state index contributed by atoms with van der Waals surface area (Å²) in [5, 5.41) is 11.6. The van der Waals surface area contributed by atoms with Gasteiger partial charge in [-0.1, -0.05) is 70.9 Å². The average molecular weight is 384 g/mol. The molecule has 0 atom stereocenters. The Kier molecular flexibility index (Phi) is 4.78. The number of nitrogens with zero attached hydrogens (tertiary/aromatic N) is 3. The van der Waals surface area contributed by atoms with E-state index in [-0.39, 0.29) is 0 Å². The van der Waals surface area contributed by atoms with E-state index in [1.807, 2.05) is 48.7 Å². The Morgan fingerprint density at radius 2 is 1.77 bits per heavy atom. The zero-order valence-corrected chi connectivity index (χ0v) is 15.3. The van der Waals surface area contributed by atoms with Gasteiger partial charge in [-0.05, 0) is 29.1 Å². The summed E-state index contributed by atoms with van der Waals surface area (Å²) >= 11 is 12.0. The molecule has 0 radical (unpaired) electrons. The Hall–Kier alpha value is -2.56. The summed E-state index contributed by atoms with van der Waals surface area (Å²) in [7, 11) is 0. The first-order chi connectivity index (χ1) is 12.7. The zero-order chi connectivity index (χ0) is 17.9. The molecule has 0 saturated carbocycles. The van der Waals surface area contributed by atoms with Crippen LogP contribution in [0.25, 0.3) is 10.8 Å². The molecular weight excluding hydrogens is 369 g/mol. The number of hydrogen-bond acceptors (Lipinski definition) is 3. The van der Waals surface area contributed by atoms with Crippen molar-refractivity contribution in [2.75, 3.05) is 0 Å². The molecule has 0 spiro atoms. The second kappa shape index (κ2) is 7.36. The van der Waals surface area contributed by atoms with Crippen molar-refractivity contribution in [1.82, 2.24) is 15.0 Å². The van der Waals surface area contributed by atoms with Gasteiger partial charge in [0.25, 0.3) is 0 Å². The standard InChI is InChI=1S/C20H15Cl2N3O/c21-18-9-8-14(10-19(18)22)11-25-12-16(23-24-25)13-26-20-7-3-5-15-4-1-2-6-17(15)20/h1-10,12H,11,13H2. The fourth-order valence-corrected chi connectivity index (χ4v) is 3.10. The van der Waals surface area contributed by atoms with E-state index in [9.17, 15) is 0 Å². The lowest BCUT2D eigenvalue weighted by molar-refractivity contribution is 0.305. The maximum absolute atomic E-state index is 6.05. The number of rotatable bonds is 5. The molecule has 0 fully saturated rings. The molecule has 0 bridgehead atoms. The molecule has 0 unspecified atom stereocenters. The highest BCUT2D eigenvalue weighted by Gasteiger charge is 2.06. The van der Waals surface area contributed by atoms with Gasteiger partial charge >= 0.3 is 0 Å². The Morgan fingerprint density at radius 3 is 2.65 bits per heavy atom. The average Bonchev–Trinajstić information content (AvgIpc) is 3.10. The SMILES string of the molecule is Clc1ccc(Cn2cc(COc3cccc4ccccc34)nn2)cc1Cl. The zero-order valence-electron chi connectivity index (χ0n) is 13.8. The van der Waals surface area contributed by atoms with E-state index >= 15 is 0 Å². The molecule has 6 heteroatoms. The molecule has 4 aromatic rings. The molecule has 0 amide bonds. The molecule has 0 aliphatic rings. The van der Waals surface area contributed by atoms with Gasteiger partial charge in [0.2, 0.25) is 0 Å². The van der Waals surface area contributed by atoms with Crippen LogP contribution in [-0.4, -0.2) is 15.0 Å². The molecule has 0 aliphatic carbocycles. The molecular formula is C20H15Cl2N3O. The minimum atomic E-state index is 0.357. The highest BCUT2D eigenvalue weighted by molar-refractivity contribution is 6.42. The van der Waals surface area contributed by atoms with Gasteiger partial charge in [-0.2, -0.15) is 0 Å². The molecule has 3 aromatic carbocycles. The van der Waals surface area contributed by atoms with Crippen molar-refractivity contribution in [3.8, 4) is 5.75 Å². The maximum atomic E-state index is 6.05. The van der Waals surface area contributed by atoms with Gasteiger partial charge < -0.3 is 4.74 Å². The van der Waals surface area contributed by atoms with Crippen LogP contribution in [0.5, 0.6) is 5.75 Å². The third kappa shape index (κ3) is 3.66. The van der Waals surface area contributed by atoms with Crippen LogP contribution < -0.4 is 4.74 Å². The smallest absolute Gasteiger partial charge is 0.134 e. The predicted molar refractivity (Wildman–Crippen MR) is 104 cm³/mol. The van der Waals surface area contributed by atoms with Gasteiger partial charge in [0, 0.05) is 5.39 Å². The van der Waals surface area contributed by atoms with Crippen molar-refractivity contribution in [2.45, 2.75) is 13.2 Å². The third-order valence-corrected chi connectivity index (χ3v) is 4.78. The summed E-state index contributed by atoms with van der Waals surface area (Å²) in [5.74, 6) is 0.835. The number of halogens is 2. The van der Waals surface area contributed by atoms with E-state index in [0.717, 1.165) is 27.8 Å². The number of aromatic nitrogens is 3. The van der Waals surface area contributed by atoms with Crippen LogP contribution >= 0.6 is 23.2 Å². The van der Waals surface area contributed by atoms with Crippen molar-refractivity contribution >= 4 is 34.0 Å². The monoisotopic (exact) mass is 383 g/mol. The van der Waals surface area contributed by atoms with Gasteiger partial charge in [-0.3, -0.25) is 0 Å². The Morgan fingerprint density at radius 1 is 0.923 bits per heavy atom. The lowest BCUT2D eigenvalue weighted by Gasteiger charge is -2.07. The Labute approximate surface area is 160 Å². The van der Waals surface area contributed by atoms with Gasteiger partial charge in [0.05, 0.1) is 22.8 Å². The summed E-state index contributed by atoms with van der Waals surface area (Å²) in [5.41, 5.74) is 1.77. The summed E-state index contributed by atoms with van der Waals surface area (Å²) in [6.07, 6.45) is 1.87. The Balaban J connectivity index is 1.45. The first kappa shape index (κ1) is 16.9. The maximum Gasteiger partial charge on any atom is 0.134 e. The van der Waals surface area contributed by atoms with Gasteiger partial charge in [0.15, 0.2) is 0 Å². The molecule has 0 aliphatic heterocycles. The predicted octanol–water partition coefficient (Wildman–Crippen LogP) is 5.37. The molecule has 1 heterocycles. The molecule has 0 saturated heterocycles. The van der Waals surface area contributed by atoms with Crippen molar-refractivity contribution in [1.29, 1.82) is 0 Å². The van der Waals surface area contributed by atoms with Crippen LogP contribution in [0.4, 0.5) is 0 Å². The quantitative estimate of drug-likeness (QED) is 0.465. The number of ether oxygens (including phenoxy) is 1. The van der Waals surface area contributed by atoms with Gasteiger partial charge in [-0.25, -0.2) is 4.68 Å². The number of hydrogen-bond donors (Lipinski definition) is 0. The van der Waals surface area contributed by atoms with Gasteiger partial charge in [-0.15, -0.1) is 5.10 Å². The lowest BCUT2D eigenvalue weighted by Crippen LogP contribution is -2.00. The van der Waals surface area contributed by atoms with E-state index in [4.69, 9.17) is 27.9 Å². The van der Waals surface area contributed by atoms with Crippen molar-refractivity contribution in [3.05, 3.63) is 88.2 Å². The van der Waals surface area contributed by atoms with Crippen molar-refractivity contribution in [3.63, 3.8) is 0 Å². The molecule has 4 nitrogen and oxygen atoms in total. The molecule has 26 heavy (non-hydrogen) atoms. The molecule has 130 valence electrons. The highest BCUT2D eigenvalue weighted by atomic mass is 35.5. The largest absolute Gasteiger partial charge is 0.487 e. The van der Waals surface area contributed by atoms with E-state index in [2.05, 4.69) is 22.4 Å². The molecule has 4 rings (SSSR count). The molecule has 0 N–H and O–H groups in total. The van der Waals surface area contributed by atoms with Crippen molar-refractivity contribution in [2.24, 2.45) is 0 Å². The lowest BCUT2D eigenvalue weighted by atomic mass is 10.1. The second-order valence-electron chi connectivity index (χ2n) is 5.92. The van der Waals surface area contributed by atoms with Crippen LogP contribution in [0, 0.1) is 0 Å². The van der Waals surface area contributed by atoms with E-state index in [0.29, 0.717) is 23.2 Å². The summed E-state index contributed by atoms with van der Waals surface area (Å²) in [6, 6.07) is 19.7. The van der Waals surface area contributed by atoms with Crippen LogP contribution in [0.15, 0.2) is 66.9 Å². The fraction of sp³-hybridized carbons (Fsp3) is 0.100. The van der Waals surface area contributed by atoms with Crippen molar-refractivity contribution < 1.29 is 4.74 Å². The number of benzene rings is 3. The van der Waals surface area contributed by atoms with E-state index < -0.39 is 0 Å². The normalized spacial score (nSPS) is 11.0. The van der Waals surface area contributed by atoms with E-state index in [1.54, 1.807) is 10.7 Å². The molecule has 1 aromatic heterocycles. The third-order valence-electron chi connectivity index (χ3n) is 4.04. The second-order valence-corrected chi connectivity index (χ2v) is 6.74. The Bertz CT molecular complexity index is 1060. The van der Waals surface area contributed by atoms with Crippen LogP contribution in [0.3, 0.4) is 0 Å². The minimum absolute atomic E-state index is 0.357. The highest BCUT2D eigenvalue weighted by Crippen LogP contribution is 2.26. The van der Waals surface area contributed by atoms with Crippen LogP contribution in [0.2, 0.25) is 10.0 Å². The van der Waals surface area contributed by atoms with Crippen LogP contribution in [-0.2, 0) is 13.2 Å². The topological polar surface area (TPSA) is 39.9 Å².